The molecule has 11 nitrogen and oxygen atoms in total. The van der Waals surface area contributed by atoms with Gasteiger partial charge in [0.05, 0.1) is 16.6 Å². The summed E-state index contributed by atoms with van der Waals surface area (Å²) in [6.07, 6.45) is 2.67. The maximum Gasteiger partial charge on any atom is 0.263 e. The van der Waals surface area contributed by atoms with Gasteiger partial charge < -0.3 is 25.6 Å². The van der Waals surface area contributed by atoms with Crippen LogP contribution in [0, 0.1) is 11.8 Å². The minimum atomic E-state index is -1.11. The highest BCUT2D eigenvalue weighted by atomic mass is 35.5. The number of pyridine rings is 1. The molecule has 14 heteroatoms. The number of phenols is 1. The van der Waals surface area contributed by atoms with E-state index in [0.717, 1.165) is 6.07 Å². The van der Waals surface area contributed by atoms with E-state index in [1.165, 1.54) is 32.4 Å². The molecule has 3 aromatic heterocycles. The van der Waals surface area contributed by atoms with Crippen LogP contribution < -0.4 is 21.5 Å². The molecule has 4 heterocycles. The molecular weight excluding hydrogens is 536 g/mol. The summed E-state index contributed by atoms with van der Waals surface area (Å²) in [6.45, 7) is 0.0756. The summed E-state index contributed by atoms with van der Waals surface area (Å²) in [5.41, 5.74) is 4.85. The van der Waals surface area contributed by atoms with Gasteiger partial charge in [-0.05, 0) is 24.1 Å². The maximum absolute atomic E-state index is 14.5. The lowest BCUT2D eigenvalue weighted by Crippen LogP contribution is -2.23. The summed E-state index contributed by atoms with van der Waals surface area (Å²) < 4.78 is 31.7. The molecule has 4 aromatic rings. The molecular formula is C25H22ClF2N7O4. The van der Waals surface area contributed by atoms with E-state index in [1.807, 2.05) is 0 Å². The number of nitrogens with two attached hydrogens (primary N) is 1. The molecule has 1 aliphatic heterocycles. The molecule has 0 spiro atoms. The molecule has 1 aromatic carbocycles. The third-order valence-electron chi connectivity index (χ3n) is 6.43. The molecule has 39 heavy (non-hydrogen) atoms. The number of nitrogens with one attached hydrogen (secondary N) is 1. The fourth-order valence-corrected chi connectivity index (χ4v) is 4.70. The van der Waals surface area contributed by atoms with E-state index in [2.05, 4.69) is 15.3 Å². The van der Waals surface area contributed by atoms with Crippen molar-refractivity contribution in [2.45, 2.75) is 25.9 Å². The maximum atomic E-state index is 14.5. The van der Waals surface area contributed by atoms with Crippen molar-refractivity contribution in [3.05, 3.63) is 62.9 Å². The lowest BCUT2D eigenvalue weighted by Gasteiger charge is -2.15. The molecule has 0 bridgehead atoms. The number of carbonyl (C=O) groups is 2. The lowest BCUT2D eigenvalue weighted by atomic mass is 10.0. The van der Waals surface area contributed by atoms with Gasteiger partial charge in [-0.3, -0.25) is 19.0 Å². The Morgan fingerprint density at radius 1 is 1.23 bits per heavy atom. The first-order chi connectivity index (χ1) is 18.5. The van der Waals surface area contributed by atoms with Crippen LogP contribution in [0.5, 0.6) is 5.75 Å². The number of anilines is 2. The molecule has 1 aliphatic rings. The SMILES string of the molecule is CN(C)c1cc(NC(=O)Cn2cc(-c3cc(F)c(O)c(C(N)=O)c3)c3c(=O)n4c(nc32)CCC4)c(Cl)c(F)n1. The second-order valence-electron chi connectivity index (χ2n) is 9.25. The molecule has 5 rings (SSSR count). The molecule has 0 saturated carbocycles. The number of aromatic nitrogens is 4. The van der Waals surface area contributed by atoms with Gasteiger partial charge in [0.1, 0.15) is 28.9 Å². The minimum Gasteiger partial charge on any atom is -0.504 e. The number of fused-ring (bicyclic) bond motifs is 2. The molecule has 0 saturated heterocycles. The number of nitrogens with zero attached hydrogens (tertiary/aromatic N) is 5. The van der Waals surface area contributed by atoms with E-state index in [1.54, 1.807) is 14.1 Å². The van der Waals surface area contributed by atoms with Gasteiger partial charge in [0.15, 0.2) is 11.6 Å². The summed E-state index contributed by atoms with van der Waals surface area (Å²) >= 11 is 6.02. The highest BCUT2D eigenvalue weighted by molar-refractivity contribution is 6.33. The molecule has 4 N–H and O–H groups in total. The molecule has 0 atom stereocenters. The van der Waals surface area contributed by atoms with Crippen LogP contribution in [0.4, 0.5) is 20.3 Å². The standard InChI is InChI=1S/C25H22ClF2N7O4/c1-33(2)17-8-15(20(26)22(28)31-17)30-18(36)10-34-9-13(11-6-12(23(29)38)21(37)14(27)7-11)19-24(34)32-16-4-3-5-35(16)25(19)39/h6-9,37H,3-5,10H2,1-2H3,(H2,29,38)(H,30,31,36). The Labute approximate surface area is 224 Å². The van der Waals surface area contributed by atoms with Gasteiger partial charge in [0, 0.05) is 44.9 Å². The fraction of sp³-hybridized carbons (Fsp3) is 0.240. The van der Waals surface area contributed by atoms with Crippen LogP contribution >= 0.6 is 11.6 Å². The van der Waals surface area contributed by atoms with Crippen LogP contribution in [-0.2, 0) is 24.3 Å². The van der Waals surface area contributed by atoms with Gasteiger partial charge in [-0.1, -0.05) is 11.6 Å². The quantitative estimate of drug-likeness (QED) is 0.309. The predicted octanol–water partition coefficient (Wildman–Crippen LogP) is 2.65. The predicted molar refractivity (Wildman–Crippen MR) is 140 cm³/mol. The number of benzene rings is 1. The summed E-state index contributed by atoms with van der Waals surface area (Å²) in [5, 5.41) is 12.2. The highest BCUT2D eigenvalue weighted by Gasteiger charge is 2.25. The van der Waals surface area contributed by atoms with Crippen molar-refractivity contribution < 1.29 is 23.5 Å². The number of rotatable bonds is 6. The Bertz CT molecular complexity index is 1750. The summed E-state index contributed by atoms with van der Waals surface area (Å²) in [7, 11) is 3.29. The molecule has 0 radical (unpaired) electrons. The first kappa shape index (κ1) is 26.1. The Balaban J connectivity index is 1.62. The van der Waals surface area contributed by atoms with Crippen molar-refractivity contribution >= 4 is 46.0 Å². The zero-order valence-corrected chi connectivity index (χ0v) is 21.5. The van der Waals surface area contributed by atoms with Crippen molar-refractivity contribution in [3.63, 3.8) is 0 Å². The number of primary amides is 1. The normalized spacial score (nSPS) is 12.5. The van der Waals surface area contributed by atoms with Crippen LogP contribution in [-0.4, -0.2) is 50.1 Å². The van der Waals surface area contributed by atoms with Gasteiger partial charge in [-0.2, -0.15) is 4.39 Å². The van der Waals surface area contributed by atoms with Crippen molar-refractivity contribution in [1.29, 1.82) is 0 Å². The molecule has 0 aliphatic carbocycles. The van der Waals surface area contributed by atoms with Crippen LogP contribution in [0.15, 0.2) is 29.2 Å². The van der Waals surface area contributed by atoms with Gasteiger partial charge >= 0.3 is 0 Å². The van der Waals surface area contributed by atoms with E-state index in [9.17, 15) is 28.3 Å². The number of hydrogen-bond acceptors (Lipinski definition) is 7. The molecule has 2 amide bonds. The highest BCUT2D eigenvalue weighted by Crippen LogP contribution is 2.34. The second kappa shape index (κ2) is 9.66. The third kappa shape index (κ3) is 4.54. The summed E-state index contributed by atoms with van der Waals surface area (Å²) in [6, 6.07) is 3.53. The van der Waals surface area contributed by atoms with Crippen LogP contribution in [0.25, 0.3) is 22.2 Å². The monoisotopic (exact) mass is 557 g/mol. The Kier molecular flexibility index (Phi) is 6.46. The smallest absolute Gasteiger partial charge is 0.263 e. The largest absolute Gasteiger partial charge is 0.504 e. The second-order valence-corrected chi connectivity index (χ2v) is 9.63. The van der Waals surface area contributed by atoms with Crippen LogP contribution in [0.2, 0.25) is 5.02 Å². The Morgan fingerprint density at radius 3 is 2.67 bits per heavy atom. The van der Waals surface area contributed by atoms with Crippen molar-refractivity contribution in [3.8, 4) is 16.9 Å². The van der Waals surface area contributed by atoms with Crippen molar-refractivity contribution in [2.24, 2.45) is 5.73 Å². The van der Waals surface area contributed by atoms with Crippen LogP contribution in [0.3, 0.4) is 0 Å². The molecule has 202 valence electrons. The average molecular weight is 558 g/mol. The Hall–Kier alpha value is -4.52. The van der Waals surface area contributed by atoms with E-state index < -0.39 is 40.5 Å². The summed E-state index contributed by atoms with van der Waals surface area (Å²) in [4.78, 5) is 48.2. The Morgan fingerprint density at radius 2 is 1.97 bits per heavy atom. The van der Waals surface area contributed by atoms with Gasteiger partial charge in [-0.15, -0.1) is 0 Å². The first-order valence-electron chi connectivity index (χ1n) is 11.7. The van der Waals surface area contributed by atoms with E-state index >= 15 is 0 Å². The number of amides is 2. The number of carbonyl (C=O) groups excluding carboxylic acids is 2. The number of hydrogen-bond donors (Lipinski definition) is 3. The van der Waals surface area contributed by atoms with Crippen molar-refractivity contribution in [2.75, 3.05) is 24.3 Å². The summed E-state index contributed by atoms with van der Waals surface area (Å²) in [5.74, 6) is -3.91. The minimum absolute atomic E-state index is 0.00447. The lowest BCUT2D eigenvalue weighted by molar-refractivity contribution is -0.116. The van der Waals surface area contributed by atoms with Gasteiger partial charge in [0.2, 0.25) is 11.9 Å². The average Bonchev–Trinajstić information content (AvgIpc) is 3.49. The van der Waals surface area contributed by atoms with E-state index in [0.29, 0.717) is 25.2 Å². The molecule has 0 fully saturated rings. The van der Waals surface area contributed by atoms with Crippen molar-refractivity contribution in [1.82, 2.24) is 19.1 Å². The van der Waals surface area contributed by atoms with E-state index in [-0.39, 0.29) is 45.2 Å². The number of aryl methyl sites for hydroxylation is 1. The molecule has 0 unspecified atom stereocenters. The zero-order chi connectivity index (χ0) is 28.2. The third-order valence-corrected chi connectivity index (χ3v) is 6.79. The van der Waals surface area contributed by atoms with Gasteiger partial charge in [0.25, 0.3) is 11.5 Å². The number of aromatic hydroxyl groups is 1. The number of halogens is 3. The topological polar surface area (TPSA) is 148 Å². The van der Waals surface area contributed by atoms with E-state index in [4.69, 9.17) is 17.3 Å². The first-order valence-corrected chi connectivity index (χ1v) is 12.1. The fourth-order valence-electron chi connectivity index (χ4n) is 4.56. The van der Waals surface area contributed by atoms with Gasteiger partial charge in [-0.25, -0.2) is 14.4 Å². The van der Waals surface area contributed by atoms with Crippen LogP contribution in [0.1, 0.15) is 22.6 Å². The zero-order valence-electron chi connectivity index (χ0n) is 20.8.